The van der Waals surface area contributed by atoms with Crippen molar-refractivity contribution in [1.29, 1.82) is 0 Å². The standard InChI is InChI=1S/C18H24BrN3O3S/c1-18(2,3)25-17(24)22(5)10-6-9-21(4)15(23)12-7-8-13-14(11-12)26-16(19)20-13/h7-8,11H,6,9-10H2,1-5H3. The molecular weight excluding hydrogens is 418 g/mol. The number of hydrogen-bond donors (Lipinski definition) is 0. The number of hydrogen-bond acceptors (Lipinski definition) is 5. The Morgan fingerprint density at radius 1 is 1.19 bits per heavy atom. The van der Waals surface area contributed by atoms with Gasteiger partial charge in [0.1, 0.15) is 5.60 Å². The van der Waals surface area contributed by atoms with Gasteiger partial charge < -0.3 is 14.5 Å². The highest BCUT2D eigenvalue weighted by Crippen LogP contribution is 2.27. The summed E-state index contributed by atoms with van der Waals surface area (Å²) in [6, 6.07) is 5.51. The molecule has 0 radical (unpaired) electrons. The van der Waals surface area contributed by atoms with Crippen molar-refractivity contribution in [2.45, 2.75) is 32.8 Å². The molecule has 0 spiro atoms. The van der Waals surface area contributed by atoms with Crippen LogP contribution in [0.3, 0.4) is 0 Å². The highest BCUT2D eigenvalue weighted by Gasteiger charge is 2.20. The molecule has 2 amide bonds. The van der Waals surface area contributed by atoms with Crippen molar-refractivity contribution in [2.75, 3.05) is 27.2 Å². The molecule has 0 aliphatic rings. The van der Waals surface area contributed by atoms with E-state index in [1.165, 1.54) is 16.2 Å². The minimum Gasteiger partial charge on any atom is -0.444 e. The first-order chi connectivity index (χ1) is 12.1. The molecule has 0 unspecified atom stereocenters. The number of ether oxygens (including phenoxy) is 1. The Hall–Kier alpha value is -1.67. The van der Waals surface area contributed by atoms with Gasteiger partial charge >= 0.3 is 6.09 Å². The predicted molar refractivity (Wildman–Crippen MR) is 108 cm³/mol. The first-order valence-electron chi connectivity index (χ1n) is 8.32. The van der Waals surface area contributed by atoms with Crippen LogP contribution in [0.15, 0.2) is 22.1 Å². The first-order valence-corrected chi connectivity index (χ1v) is 9.93. The zero-order valence-electron chi connectivity index (χ0n) is 15.7. The van der Waals surface area contributed by atoms with Gasteiger partial charge in [0.05, 0.1) is 10.2 Å². The quantitative estimate of drug-likeness (QED) is 0.689. The molecular formula is C18H24BrN3O3S. The lowest BCUT2D eigenvalue weighted by Crippen LogP contribution is -2.36. The van der Waals surface area contributed by atoms with Crippen molar-refractivity contribution in [3.63, 3.8) is 0 Å². The van der Waals surface area contributed by atoms with Crippen LogP contribution in [0.5, 0.6) is 0 Å². The highest BCUT2D eigenvalue weighted by atomic mass is 79.9. The molecule has 0 aliphatic heterocycles. The van der Waals surface area contributed by atoms with Crippen LogP contribution in [-0.4, -0.2) is 59.6 Å². The Bertz CT molecular complexity index is 801. The lowest BCUT2D eigenvalue weighted by atomic mass is 10.2. The van der Waals surface area contributed by atoms with Gasteiger partial charge in [0.15, 0.2) is 3.92 Å². The van der Waals surface area contributed by atoms with E-state index in [-0.39, 0.29) is 12.0 Å². The van der Waals surface area contributed by atoms with Crippen LogP contribution in [0.1, 0.15) is 37.6 Å². The summed E-state index contributed by atoms with van der Waals surface area (Å²) in [5.41, 5.74) is 0.999. The molecule has 2 rings (SSSR count). The number of rotatable bonds is 5. The summed E-state index contributed by atoms with van der Waals surface area (Å²) in [7, 11) is 3.47. The Labute approximate surface area is 166 Å². The lowest BCUT2D eigenvalue weighted by molar-refractivity contribution is 0.0294. The minimum atomic E-state index is -0.512. The van der Waals surface area contributed by atoms with Crippen molar-refractivity contribution >= 4 is 49.5 Å². The molecule has 0 N–H and O–H groups in total. The van der Waals surface area contributed by atoms with Crippen LogP contribution < -0.4 is 0 Å². The van der Waals surface area contributed by atoms with E-state index in [0.717, 1.165) is 14.1 Å². The Morgan fingerprint density at radius 3 is 2.50 bits per heavy atom. The Kier molecular flexibility index (Phi) is 6.63. The van der Waals surface area contributed by atoms with E-state index >= 15 is 0 Å². The zero-order valence-corrected chi connectivity index (χ0v) is 18.1. The minimum absolute atomic E-state index is 0.0451. The molecule has 1 heterocycles. The second-order valence-corrected chi connectivity index (χ2v) is 9.44. The molecule has 8 heteroatoms. The van der Waals surface area contributed by atoms with E-state index in [1.807, 2.05) is 32.9 Å². The second-order valence-electron chi connectivity index (χ2n) is 7.13. The van der Waals surface area contributed by atoms with Gasteiger partial charge in [-0.25, -0.2) is 9.78 Å². The van der Waals surface area contributed by atoms with Crippen molar-refractivity contribution in [2.24, 2.45) is 0 Å². The zero-order chi connectivity index (χ0) is 19.5. The SMILES string of the molecule is CN(CCCN(C)C(=O)c1ccc2nc(Br)sc2c1)C(=O)OC(C)(C)C. The smallest absolute Gasteiger partial charge is 0.410 e. The van der Waals surface area contributed by atoms with E-state index in [1.54, 1.807) is 25.1 Å². The van der Waals surface area contributed by atoms with Crippen molar-refractivity contribution < 1.29 is 14.3 Å². The summed E-state index contributed by atoms with van der Waals surface area (Å²) in [5.74, 6) is -0.0451. The third kappa shape index (κ3) is 5.67. The number of fused-ring (bicyclic) bond motifs is 1. The fraction of sp³-hybridized carbons (Fsp3) is 0.500. The maximum Gasteiger partial charge on any atom is 0.410 e. The van der Waals surface area contributed by atoms with Crippen molar-refractivity contribution in [3.05, 3.63) is 27.7 Å². The van der Waals surface area contributed by atoms with Gasteiger partial charge in [-0.3, -0.25) is 4.79 Å². The number of thiazole rings is 1. The number of carbonyl (C=O) groups is 2. The highest BCUT2D eigenvalue weighted by molar-refractivity contribution is 9.11. The summed E-state index contributed by atoms with van der Waals surface area (Å²) < 4.78 is 7.09. The average molecular weight is 442 g/mol. The second kappa shape index (κ2) is 8.35. The molecule has 2 aromatic rings. The predicted octanol–water partition coefficient (Wildman–Crippen LogP) is 4.39. The third-order valence-corrected chi connectivity index (χ3v) is 5.12. The summed E-state index contributed by atoms with van der Waals surface area (Å²) in [5, 5.41) is 0. The summed E-state index contributed by atoms with van der Waals surface area (Å²) in [4.78, 5) is 32.0. The molecule has 0 saturated heterocycles. The molecule has 26 heavy (non-hydrogen) atoms. The number of carbonyl (C=O) groups excluding carboxylic acids is 2. The fourth-order valence-electron chi connectivity index (χ4n) is 2.33. The van der Waals surface area contributed by atoms with Gasteiger partial charge in [-0.2, -0.15) is 0 Å². The molecule has 6 nitrogen and oxygen atoms in total. The molecule has 0 saturated carbocycles. The van der Waals surface area contributed by atoms with E-state index in [2.05, 4.69) is 20.9 Å². The van der Waals surface area contributed by atoms with Crippen LogP contribution in [-0.2, 0) is 4.74 Å². The number of benzene rings is 1. The third-order valence-electron chi connectivity index (χ3n) is 3.65. The summed E-state index contributed by atoms with van der Waals surface area (Å²) >= 11 is 4.86. The molecule has 1 aromatic heterocycles. The molecule has 0 fully saturated rings. The van der Waals surface area contributed by atoms with Crippen LogP contribution in [0.2, 0.25) is 0 Å². The van der Waals surface area contributed by atoms with Gasteiger partial charge in [-0.05, 0) is 61.3 Å². The fourth-order valence-corrected chi connectivity index (χ4v) is 3.77. The van der Waals surface area contributed by atoms with E-state index in [9.17, 15) is 9.59 Å². The van der Waals surface area contributed by atoms with E-state index in [4.69, 9.17) is 4.74 Å². The van der Waals surface area contributed by atoms with Crippen molar-refractivity contribution in [3.8, 4) is 0 Å². The monoisotopic (exact) mass is 441 g/mol. The van der Waals surface area contributed by atoms with Gasteiger partial charge in [-0.1, -0.05) is 0 Å². The molecule has 142 valence electrons. The van der Waals surface area contributed by atoms with Gasteiger partial charge in [-0.15, -0.1) is 11.3 Å². The van der Waals surface area contributed by atoms with Crippen LogP contribution >= 0.6 is 27.3 Å². The topological polar surface area (TPSA) is 62.7 Å². The van der Waals surface area contributed by atoms with E-state index < -0.39 is 5.60 Å². The van der Waals surface area contributed by atoms with Crippen LogP contribution in [0.25, 0.3) is 10.2 Å². The number of halogens is 1. The van der Waals surface area contributed by atoms with Gasteiger partial charge in [0.25, 0.3) is 5.91 Å². The van der Waals surface area contributed by atoms with Crippen LogP contribution in [0, 0.1) is 0 Å². The Balaban J connectivity index is 1.87. The number of aromatic nitrogens is 1. The summed E-state index contributed by atoms with van der Waals surface area (Å²) in [6.45, 7) is 6.58. The number of nitrogens with zero attached hydrogens (tertiary/aromatic N) is 3. The molecule has 1 aromatic carbocycles. The van der Waals surface area contributed by atoms with Crippen LogP contribution in [0.4, 0.5) is 4.79 Å². The first kappa shape index (κ1) is 20.6. The van der Waals surface area contributed by atoms with Gasteiger partial charge in [0, 0.05) is 32.7 Å². The largest absolute Gasteiger partial charge is 0.444 e. The Morgan fingerprint density at radius 2 is 1.85 bits per heavy atom. The molecule has 0 aliphatic carbocycles. The molecule has 0 bridgehead atoms. The average Bonchev–Trinajstić information content (AvgIpc) is 2.91. The maximum atomic E-state index is 12.6. The molecule has 0 atom stereocenters. The van der Waals surface area contributed by atoms with E-state index in [0.29, 0.717) is 25.1 Å². The van der Waals surface area contributed by atoms with Crippen molar-refractivity contribution in [1.82, 2.24) is 14.8 Å². The normalized spacial score (nSPS) is 11.5. The lowest BCUT2D eigenvalue weighted by Gasteiger charge is -2.25. The summed E-state index contributed by atoms with van der Waals surface area (Å²) in [6.07, 6.45) is 0.319. The maximum absolute atomic E-state index is 12.6. The number of amides is 2. The van der Waals surface area contributed by atoms with Gasteiger partial charge in [0.2, 0.25) is 0 Å².